The molecule has 0 radical (unpaired) electrons. The largest absolute Gasteiger partial charge is 0.348 e. The van der Waals surface area contributed by atoms with Crippen LogP contribution in [0, 0.1) is 0 Å². The fourth-order valence-corrected chi connectivity index (χ4v) is 6.93. The molecule has 0 N–H and O–H groups in total. The van der Waals surface area contributed by atoms with Gasteiger partial charge in [0.1, 0.15) is 0 Å². The van der Waals surface area contributed by atoms with Crippen molar-refractivity contribution in [1.29, 1.82) is 0 Å². The Morgan fingerprint density at radius 1 is 0.967 bits per heavy atom. The van der Waals surface area contributed by atoms with Crippen LogP contribution in [0.3, 0.4) is 0 Å². The molecule has 0 bridgehead atoms. The maximum atomic E-state index is 12.9. The van der Waals surface area contributed by atoms with Crippen LogP contribution in [-0.4, -0.2) is 31.7 Å². The summed E-state index contributed by atoms with van der Waals surface area (Å²) in [5.41, 5.74) is 1.96. The van der Waals surface area contributed by atoms with E-state index in [0.29, 0.717) is 52.3 Å². The first-order chi connectivity index (χ1) is 14.3. The lowest BCUT2D eigenvalue weighted by molar-refractivity contribution is 0.529. The number of sulfone groups is 1. The molecule has 1 aromatic heterocycles. The number of hydrogen-bond acceptors (Lipinski definition) is 5. The summed E-state index contributed by atoms with van der Waals surface area (Å²) in [6, 6.07) is 11.9. The van der Waals surface area contributed by atoms with Gasteiger partial charge in [-0.1, -0.05) is 34.8 Å². The van der Waals surface area contributed by atoms with Crippen molar-refractivity contribution in [2.45, 2.75) is 29.4 Å². The summed E-state index contributed by atoms with van der Waals surface area (Å²) in [5.74, 6) is 0. The van der Waals surface area contributed by atoms with Crippen LogP contribution < -0.4 is 4.90 Å². The van der Waals surface area contributed by atoms with Gasteiger partial charge in [0, 0.05) is 40.0 Å². The third-order valence-corrected chi connectivity index (χ3v) is 9.06. The second-order valence-electron chi connectivity index (χ2n) is 7.26. The van der Waals surface area contributed by atoms with Crippen molar-refractivity contribution in [3.63, 3.8) is 0 Å². The minimum atomic E-state index is -3.36. The monoisotopic (exact) mass is 500 g/mol. The van der Waals surface area contributed by atoms with Crippen molar-refractivity contribution in [2.24, 2.45) is 0 Å². The van der Waals surface area contributed by atoms with E-state index in [1.54, 1.807) is 41.7 Å². The molecule has 2 heterocycles. The molecular formula is C21H19Cl3N2O2S2. The van der Waals surface area contributed by atoms with Crippen LogP contribution in [0.4, 0.5) is 5.13 Å². The lowest BCUT2D eigenvalue weighted by atomic mass is 10.1. The summed E-state index contributed by atoms with van der Waals surface area (Å²) in [6.07, 6.45) is 1.80. The molecule has 4 nitrogen and oxygen atoms in total. The Kier molecular flexibility index (Phi) is 6.61. The summed E-state index contributed by atoms with van der Waals surface area (Å²) in [4.78, 5) is 7.23. The van der Waals surface area contributed by atoms with E-state index in [9.17, 15) is 8.42 Å². The molecule has 2 aromatic carbocycles. The third-order valence-electron chi connectivity index (χ3n) is 5.14. The number of nitrogens with zero attached hydrogens (tertiary/aromatic N) is 2. The molecule has 3 aromatic rings. The number of benzene rings is 2. The lowest BCUT2D eigenvalue weighted by Crippen LogP contribution is -2.39. The first-order valence-corrected chi connectivity index (χ1v) is 13.0. The van der Waals surface area contributed by atoms with Crippen molar-refractivity contribution in [1.82, 2.24) is 4.98 Å². The molecule has 0 saturated carbocycles. The van der Waals surface area contributed by atoms with Crippen LogP contribution in [0.5, 0.6) is 0 Å². The van der Waals surface area contributed by atoms with Crippen molar-refractivity contribution in [3.05, 3.63) is 74.2 Å². The van der Waals surface area contributed by atoms with Crippen LogP contribution in [0.25, 0.3) is 0 Å². The van der Waals surface area contributed by atoms with Gasteiger partial charge in [0.25, 0.3) is 0 Å². The second kappa shape index (κ2) is 9.05. The lowest BCUT2D eigenvalue weighted by Gasteiger charge is -2.31. The number of hydrogen-bond donors (Lipinski definition) is 0. The normalized spacial score (nSPS) is 15.5. The van der Waals surface area contributed by atoms with Crippen molar-refractivity contribution >= 4 is 61.1 Å². The zero-order chi connectivity index (χ0) is 21.3. The van der Waals surface area contributed by atoms with E-state index in [4.69, 9.17) is 39.8 Å². The van der Waals surface area contributed by atoms with Crippen LogP contribution in [-0.2, 0) is 16.3 Å². The van der Waals surface area contributed by atoms with E-state index >= 15 is 0 Å². The number of thiazole rings is 1. The van der Waals surface area contributed by atoms with Crippen molar-refractivity contribution in [2.75, 3.05) is 18.0 Å². The molecule has 1 fully saturated rings. The van der Waals surface area contributed by atoms with Crippen LogP contribution in [0.15, 0.2) is 52.7 Å². The standard InChI is InChI=1S/C21H19Cl3N2O2S2/c22-15-1-3-19(4-2-15)30(27,28)20-5-7-26(8-6-20)21-25-18(13-29-21)11-14-9-16(23)12-17(24)10-14/h1-4,9-10,12-13,20H,5-8,11H2. The predicted octanol–water partition coefficient (Wildman–Crippen LogP) is 6.14. The maximum absolute atomic E-state index is 12.9. The van der Waals surface area contributed by atoms with Gasteiger partial charge in [0.15, 0.2) is 15.0 Å². The number of halogens is 3. The average molecular weight is 502 g/mol. The van der Waals surface area contributed by atoms with Crippen molar-refractivity contribution < 1.29 is 8.42 Å². The molecule has 0 aliphatic carbocycles. The number of rotatable bonds is 5. The highest BCUT2D eigenvalue weighted by Gasteiger charge is 2.32. The molecule has 30 heavy (non-hydrogen) atoms. The third kappa shape index (κ3) is 4.94. The minimum Gasteiger partial charge on any atom is -0.348 e. The van der Waals surface area contributed by atoms with Crippen LogP contribution >= 0.6 is 46.1 Å². The number of anilines is 1. The van der Waals surface area contributed by atoms with Gasteiger partial charge < -0.3 is 4.90 Å². The number of aromatic nitrogens is 1. The Morgan fingerprint density at radius 2 is 1.60 bits per heavy atom. The van der Waals surface area contributed by atoms with E-state index in [-0.39, 0.29) is 5.25 Å². The molecule has 0 spiro atoms. The van der Waals surface area contributed by atoms with Gasteiger partial charge >= 0.3 is 0 Å². The zero-order valence-corrected chi connectivity index (χ0v) is 19.8. The first kappa shape index (κ1) is 21.9. The molecule has 0 amide bonds. The van der Waals surface area contributed by atoms with Gasteiger partial charge in [-0.3, -0.25) is 0 Å². The quantitative estimate of drug-likeness (QED) is 0.421. The summed E-state index contributed by atoms with van der Waals surface area (Å²) in [5, 5.41) is 4.31. The zero-order valence-electron chi connectivity index (χ0n) is 15.9. The van der Waals surface area contributed by atoms with Gasteiger partial charge in [-0.05, 0) is 60.9 Å². The number of piperidine rings is 1. The smallest absolute Gasteiger partial charge is 0.185 e. The van der Waals surface area contributed by atoms with Crippen molar-refractivity contribution in [3.8, 4) is 0 Å². The summed E-state index contributed by atoms with van der Waals surface area (Å²) >= 11 is 19.6. The van der Waals surface area contributed by atoms with E-state index in [1.807, 2.05) is 17.5 Å². The molecule has 0 atom stereocenters. The van der Waals surface area contributed by atoms with Gasteiger partial charge in [-0.2, -0.15) is 0 Å². The van der Waals surface area contributed by atoms with E-state index in [1.165, 1.54) is 0 Å². The Hall–Kier alpha value is -1.31. The molecule has 1 aliphatic rings. The fourth-order valence-electron chi connectivity index (χ4n) is 3.62. The highest BCUT2D eigenvalue weighted by Crippen LogP contribution is 2.30. The Labute approximate surface area is 195 Å². The SMILES string of the molecule is O=S(=O)(c1ccc(Cl)cc1)C1CCN(c2nc(Cc3cc(Cl)cc(Cl)c3)cs2)CC1. The van der Waals surface area contributed by atoms with E-state index in [0.717, 1.165) is 16.4 Å². The van der Waals surface area contributed by atoms with Gasteiger partial charge in [-0.15, -0.1) is 11.3 Å². The molecule has 1 saturated heterocycles. The fraction of sp³-hybridized carbons (Fsp3) is 0.286. The summed E-state index contributed by atoms with van der Waals surface area (Å²) in [6.45, 7) is 1.32. The topological polar surface area (TPSA) is 50.3 Å². The highest BCUT2D eigenvalue weighted by atomic mass is 35.5. The molecule has 158 valence electrons. The van der Waals surface area contributed by atoms with Gasteiger partial charge in [-0.25, -0.2) is 13.4 Å². The summed E-state index contributed by atoms with van der Waals surface area (Å²) < 4.78 is 25.8. The van der Waals surface area contributed by atoms with E-state index in [2.05, 4.69) is 4.90 Å². The van der Waals surface area contributed by atoms with Crippen LogP contribution in [0.1, 0.15) is 24.1 Å². The van der Waals surface area contributed by atoms with Gasteiger partial charge in [0.2, 0.25) is 0 Å². The highest BCUT2D eigenvalue weighted by molar-refractivity contribution is 7.92. The Morgan fingerprint density at radius 3 is 2.23 bits per heavy atom. The second-order valence-corrected chi connectivity index (χ2v) is 11.6. The molecular weight excluding hydrogens is 483 g/mol. The van der Waals surface area contributed by atoms with E-state index < -0.39 is 9.84 Å². The Bertz CT molecular complexity index is 1120. The maximum Gasteiger partial charge on any atom is 0.185 e. The van der Waals surface area contributed by atoms with Gasteiger partial charge in [0.05, 0.1) is 15.8 Å². The molecule has 9 heteroatoms. The average Bonchev–Trinajstić information content (AvgIpc) is 3.16. The molecule has 1 aliphatic heterocycles. The first-order valence-electron chi connectivity index (χ1n) is 9.45. The van der Waals surface area contributed by atoms with Crippen LogP contribution in [0.2, 0.25) is 15.1 Å². The summed E-state index contributed by atoms with van der Waals surface area (Å²) in [7, 11) is -3.36. The Balaban J connectivity index is 1.40. The minimum absolute atomic E-state index is 0.335. The molecule has 4 rings (SSSR count). The predicted molar refractivity (Wildman–Crippen MR) is 125 cm³/mol. The molecule has 0 unspecified atom stereocenters.